The average molecular weight is 489 g/mol. The van der Waals surface area contributed by atoms with E-state index >= 15 is 0 Å². The van der Waals surface area contributed by atoms with Crippen LogP contribution < -0.4 is 0 Å². The predicted molar refractivity (Wildman–Crippen MR) is 142 cm³/mol. The van der Waals surface area contributed by atoms with Crippen LogP contribution in [0, 0.1) is 0 Å². The highest BCUT2D eigenvalue weighted by Gasteiger charge is 2.45. The van der Waals surface area contributed by atoms with E-state index in [1.807, 2.05) is 0 Å². The first-order valence-corrected chi connectivity index (χ1v) is 12.1. The average Bonchev–Trinajstić information content (AvgIpc) is 2.90. The molecule has 5 aromatic carbocycles. The fraction of sp³-hybridized carbons (Fsp3) is 0.0625. The highest BCUT2D eigenvalue weighted by Crippen LogP contribution is 2.52. The van der Waals surface area contributed by atoms with E-state index in [0.29, 0.717) is 0 Å². The SMILES string of the molecule is Brc1ccc(C(c2ccccc2)C(c2ccccc2)(c2ccccc2)c2ccccc2)cc1. The predicted octanol–water partition coefficient (Wildman–Crippen LogP) is 8.62. The summed E-state index contributed by atoms with van der Waals surface area (Å²) in [4.78, 5) is 0. The first-order valence-electron chi connectivity index (χ1n) is 11.3. The molecule has 0 aliphatic carbocycles. The molecule has 5 aromatic rings. The van der Waals surface area contributed by atoms with Crippen molar-refractivity contribution in [2.75, 3.05) is 0 Å². The van der Waals surface area contributed by atoms with Gasteiger partial charge in [-0.05, 0) is 39.9 Å². The summed E-state index contributed by atoms with van der Waals surface area (Å²) in [5.74, 6) is 0.0685. The zero-order chi connectivity index (χ0) is 22.5. The van der Waals surface area contributed by atoms with E-state index in [1.54, 1.807) is 0 Å². The molecule has 0 N–H and O–H groups in total. The lowest BCUT2D eigenvalue weighted by atomic mass is 9.58. The van der Waals surface area contributed by atoms with E-state index in [-0.39, 0.29) is 5.92 Å². The van der Waals surface area contributed by atoms with E-state index in [9.17, 15) is 0 Å². The Labute approximate surface area is 204 Å². The molecule has 0 saturated heterocycles. The van der Waals surface area contributed by atoms with Crippen LogP contribution in [0.15, 0.2) is 150 Å². The molecule has 0 aliphatic heterocycles. The van der Waals surface area contributed by atoms with Gasteiger partial charge in [-0.2, -0.15) is 0 Å². The summed E-state index contributed by atoms with van der Waals surface area (Å²) in [5, 5.41) is 0. The van der Waals surface area contributed by atoms with Crippen molar-refractivity contribution in [1.29, 1.82) is 0 Å². The topological polar surface area (TPSA) is 0 Å². The summed E-state index contributed by atoms with van der Waals surface area (Å²) >= 11 is 3.64. The zero-order valence-electron chi connectivity index (χ0n) is 18.3. The normalized spacial score (nSPS) is 12.3. The fourth-order valence-electron chi connectivity index (χ4n) is 5.10. The largest absolute Gasteiger partial charge is 0.0622 e. The Morgan fingerprint density at radius 2 is 0.727 bits per heavy atom. The summed E-state index contributed by atoms with van der Waals surface area (Å²) < 4.78 is 1.09. The van der Waals surface area contributed by atoms with E-state index in [4.69, 9.17) is 0 Å². The van der Waals surface area contributed by atoms with E-state index in [0.717, 1.165) is 4.47 Å². The monoisotopic (exact) mass is 488 g/mol. The summed E-state index contributed by atoms with van der Waals surface area (Å²) in [7, 11) is 0. The highest BCUT2D eigenvalue weighted by molar-refractivity contribution is 9.10. The lowest BCUT2D eigenvalue weighted by Gasteiger charge is -2.43. The third-order valence-corrected chi connectivity index (χ3v) is 6.99. The molecular formula is C32H25Br. The smallest absolute Gasteiger partial charge is 0.0560 e. The van der Waals surface area contributed by atoms with Gasteiger partial charge in [-0.15, -0.1) is 0 Å². The molecule has 5 rings (SSSR count). The summed E-state index contributed by atoms with van der Waals surface area (Å²) in [6.07, 6.45) is 0. The Bertz CT molecular complexity index is 1180. The van der Waals surface area contributed by atoms with Crippen LogP contribution in [0.5, 0.6) is 0 Å². The Kier molecular flexibility index (Phi) is 6.24. The molecule has 0 bridgehead atoms. The molecule has 1 heteroatoms. The van der Waals surface area contributed by atoms with E-state index in [2.05, 4.69) is 162 Å². The zero-order valence-corrected chi connectivity index (χ0v) is 19.9. The number of halogens is 1. The van der Waals surface area contributed by atoms with Gasteiger partial charge in [-0.1, -0.05) is 149 Å². The van der Waals surface area contributed by atoms with E-state index < -0.39 is 5.41 Å². The molecule has 0 heterocycles. The lowest BCUT2D eigenvalue weighted by molar-refractivity contribution is 0.537. The molecule has 33 heavy (non-hydrogen) atoms. The quantitative estimate of drug-likeness (QED) is 0.210. The van der Waals surface area contributed by atoms with Crippen LogP contribution in [-0.4, -0.2) is 0 Å². The maximum atomic E-state index is 3.64. The standard InChI is InChI=1S/C32H25Br/c33-30-23-21-26(22-24-30)31(25-13-5-1-6-14-25)32(27-15-7-2-8-16-27,28-17-9-3-10-18-28)29-19-11-4-12-20-29/h1-24,31H. The van der Waals surface area contributed by atoms with Gasteiger partial charge >= 0.3 is 0 Å². The van der Waals surface area contributed by atoms with Gasteiger partial charge in [-0.25, -0.2) is 0 Å². The van der Waals surface area contributed by atoms with Gasteiger partial charge in [0.05, 0.1) is 5.41 Å². The van der Waals surface area contributed by atoms with Gasteiger partial charge in [-0.3, -0.25) is 0 Å². The van der Waals surface area contributed by atoms with Crippen molar-refractivity contribution < 1.29 is 0 Å². The Balaban J connectivity index is 1.94. The molecule has 0 nitrogen and oxygen atoms in total. The molecule has 0 saturated carbocycles. The summed E-state index contributed by atoms with van der Waals surface area (Å²) in [6, 6.07) is 52.6. The lowest BCUT2D eigenvalue weighted by Crippen LogP contribution is -2.37. The van der Waals surface area contributed by atoms with Crippen molar-refractivity contribution in [2.24, 2.45) is 0 Å². The van der Waals surface area contributed by atoms with Crippen molar-refractivity contribution in [3.8, 4) is 0 Å². The number of hydrogen-bond donors (Lipinski definition) is 0. The van der Waals surface area contributed by atoms with Gasteiger partial charge in [0.2, 0.25) is 0 Å². The summed E-state index contributed by atoms with van der Waals surface area (Å²) in [5.41, 5.74) is 5.98. The van der Waals surface area contributed by atoms with Gasteiger partial charge in [0.25, 0.3) is 0 Å². The number of rotatable bonds is 6. The molecule has 0 amide bonds. The fourth-order valence-corrected chi connectivity index (χ4v) is 5.36. The minimum absolute atomic E-state index is 0.0685. The second-order valence-corrected chi connectivity index (χ2v) is 9.22. The molecular weight excluding hydrogens is 464 g/mol. The maximum Gasteiger partial charge on any atom is 0.0560 e. The van der Waals surface area contributed by atoms with Crippen molar-refractivity contribution >= 4 is 15.9 Å². The van der Waals surface area contributed by atoms with Crippen molar-refractivity contribution in [2.45, 2.75) is 11.3 Å². The molecule has 0 spiro atoms. The van der Waals surface area contributed by atoms with Gasteiger partial charge < -0.3 is 0 Å². The van der Waals surface area contributed by atoms with E-state index in [1.165, 1.54) is 27.8 Å². The Morgan fingerprint density at radius 1 is 0.394 bits per heavy atom. The Hall–Kier alpha value is -3.42. The van der Waals surface area contributed by atoms with Crippen molar-refractivity contribution in [3.05, 3.63) is 178 Å². The third-order valence-electron chi connectivity index (χ3n) is 6.46. The molecule has 160 valence electrons. The Morgan fingerprint density at radius 3 is 1.12 bits per heavy atom. The first-order chi connectivity index (χ1) is 16.3. The molecule has 0 fully saturated rings. The molecule has 0 aliphatic rings. The molecule has 0 aromatic heterocycles. The minimum Gasteiger partial charge on any atom is -0.0622 e. The van der Waals surface area contributed by atoms with Crippen molar-refractivity contribution in [3.63, 3.8) is 0 Å². The highest BCUT2D eigenvalue weighted by atomic mass is 79.9. The number of hydrogen-bond acceptors (Lipinski definition) is 0. The van der Waals surface area contributed by atoms with Crippen LogP contribution in [0.1, 0.15) is 33.7 Å². The number of benzene rings is 5. The second kappa shape index (κ2) is 9.60. The van der Waals surface area contributed by atoms with Crippen LogP contribution in [-0.2, 0) is 5.41 Å². The van der Waals surface area contributed by atoms with Gasteiger partial charge in [0.15, 0.2) is 0 Å². The van der Waals surface area contributed by atoms with Crippen LogP contribution in [0.25, 0.3) is 0 Å². The van der Waals surface area contributed by atoms with Crippen LogP contribution in [0.3, 0.4) is 0 Å². The molecule has 0 radical (unpaired) electrons. The first kappa shape index (κ1) is 21.4. The minimum atomic E-state index is -0.418. The van der Waals surface area contributed by atoms with Gasteiger partial charge in [0, 0.05) is 10.4 Å². The van der Waals surface area contributed by atoms with Crippen molar-refractivity contribution in [1.82, 2.24) is 0 Å². The van der Waals surface area contributed by atoms with Gasteiger partial charge in [0.1, 0.15) is 0 Å². The molecule has 1 atom stereocenters. The van der Waals surface area contributed by atoms with Crippen LogP contribution >= 0.6 is 15.9 Å². The summed E-state index contributed by atoms with van der Waals surface area (Å²) in [6.45, 7) is 0. The van der Waals surface area contributed by atoms with Crippen LogP contribution in [0.4, 0.5) is 0 Å². The molecule has 1 unspecified atom stereocenters. The third kappa shape index (κ3) is 4.05. The van der Waals surface area contributed by atoms with Crippen LogP contribution in [0.2, 0.25) is 0 Å². The second-order valence-electron chi connectivity index (χ2n) is 8.30. The maximum absolute atomic E-state index is 3.64.